The molecule has 4 N–H and O–H groups in total. The molecule has 0 saturated heterocycles. The maximum absolute atomic E-state index is 12.6. The van der Waals surface area contributed by atoms with Gasteiger partial charge in [0.2, 0.25) is 11.8 Å². The second-order valence-corrected chi connectivity index (χ2v) is 11.6. The minimum absolute atomic E-state index is 0.0424. The van der Waals surface area contributed by atoms with E-state index in [1.807, 2.05) is 0 Å². The third-order valence-electron chi connectivity index (χ3n) is 7.63. The maximum atomic E-state index is 12.6. The van der Waals surface area contributed by atoms with Gasteiger partial charge >= 0.3 is 17.9 Å². The second kappa shape index (κ2) is 27.2. The molecule has 10 heteroatoms. The molecule has 10 nitrogen and oxygen atoms in total. The lowest BCUT2D eigenvalue weighted by Crippen LogP contribution is -2.38. The van der Waals surface area contributed by atoms with Crippen LogP contribution < -0.4 is 5.32 Å². The predicted molar refractivity (Wildman–Crippen MR) is 163 cm³/mol. The molecule has 244 valence electrons. The Bertz CT molecular complexity index is 759. The Hall–Kier alpha value is -2.65. The fraction of sp³-hybridized carbons (Fsp3) is 0.844. The zero-order valence-electron chi connectivity index (χ0n) is 26.1. The van der Waals surface area contributed by atoms with Crippen LogP contribution in [0.3, 0.4) is 0 Å². The molecular weight excluding hydrogens is 540 g/mol. The van der Waals surface area contributed by atoms with Gasteiger partial charge in [-0.1, -0.05) is 103 Å². The summed E-state index contributed by atoms with van der Waals surface area (Å²) in [6.07, 6.45) is 20.6. The highest BCUT2D eigenvalue weighted by Gasteiger charge is 2.17. The molecule has 0 aliphatic rings. The summed E-state index contributed by atoms with van der Waals surface area (Å²) >= 11 is 0. The lowest BCUT2D eigenvalue weighted by atomic mass is 10.0. The third-order valence-corrected chi connectivity index (χ3v) is 7.63. The molecule has 42 heavy (non-hydrogen) atoms. The second-order valence-electron chi connectivity index (χ2n) is 11.6. The standard InChI is InChI=1S/C32H58N2O8/c1-27(32(41)42)20-18-19-24-33-28(35)23-25-34(26-31(39)40)29(36)21-16-14-12-10-8-6-4-2-3-5-7-9-11-13-15-17-22-30(37)38/h27H,2-26H2,1H3,(H,33,35)(H,37,38)(H,39,40)(H,41,42)/t27-/m0/s1. The first kappa shape index (κ1) is 39.4. The van der Waals surface area contributed by atoms with Crippen LogP contribution in [0.25, 0.3) is 0 Å². The SMILES string of the molecule is C[C@@H](CCCCNC(=O)CCN(CC(=O)O)C(=O)CCCCCCCCCCCCCCCCCCC(=O)O)C(=O)O. The third kappa shape index (κ3) is 26.3. The van der Waals surface area contributed by atoms with Gasteiger partial charge in [-0.2, -0.15) is 0 Å². The topological polar surface area (TPSA) is 161 Å². The lowest BCUT2D eigenvalue weighted by Gasteiger charge is -2.20. The van der Waals surface area contributed by atoms with Crippen molar-refractivity contribution in [2.75, 3.05) is 19.6 Å². The number of rotatable bonds is 30. The first-order chi connectivity index (χ1) is 20.1. The molecule has 0 fully saturated rings. The number of carbonyl (C=O) groups excluding carboxylic acids is 2. The highest BCUT2D eigenvalue weighted by Crippen LogP contribution is 2.15. The van der Waals surface area contributed by atoms with E-state index in [1.165, 1.54) is 62.7 Å². The number of carboxylic acid groups (broad SMARTS) is 3. The van der Waals surface area contributed by atoms with Gasteiger partial charge in [0.15, 0.2) is 0 Å². The minimum atomic E-state index is -1.10. The van der Waals surface area contributed by atoms with E-state index in [2.05, 4.69) is 5.32 Å². The summed E-state index contributed by atoms with van der Waals surface area (Å²) in [5.74, 6) is -3.50. The van der Waals surface area contributed by atoms with Crippen LogP contribution in [0, 0.1) is 5.92 Å². The monoisotopic (exact) mass is 598 g/mol. The number of carbonyl (C=O) groups is 5. The molecule has 0 rings (SSSR count). The Kier molecular flexibility index (Phi) is 25.5. The van der Waals surface area contributed by atoms with Crippen LogP contribution in [0.2, 0.25) is 0 Å². The number of nitrogens with zero attached hydrogens (tertiary/aromatic N) is 1. The Morgan fingerprint density at radius 2 is 1.02 bits per heavy atom. The molecule has 0 aromatic carbocycles. The van der Waals surface area contributed by atoms with Crippen LogP contribution in [-0.2, 0) is 24.0 Å². The number of unbranched alkanes of at least 4 members (excludes halogenated alkanes) is 16. The van der Waals surface area contributed by atoms with E-state index in [-0.39, 0.29) is 31.2 Å². The van der Waals surface area contributed by atoms with Crippen LogP contribution in [0.4, 0.5) is 0 Å². The van der Waals surface area contributed by atoms with Crippen molar-refractivity contribution in [3.05, 3.63) is 0 Å². The van der Waals surface area contributed by atoms with E-state index >= 15 is 0 Å². The highest BCUT2D eigenvalue weighted by atomic mass is 16.4. The summed E-state index contributed by atoms with van der Waals surface area (Å²) in [5, 5.41) is 29.4. The molecule has 0 radical (unpaired) electrons. The first-order valence-corrected chi connectivity index (χ1v) is 16.3. The number of aliphatic carboxylic acids is 3. The van der Waals surface area contributed by atoms with Gasteiger partial charge < -0.3 is 25.5 Å². The number of amides is 2. The Balaban J connectivity index is 3.76. The molecule has 0 aromatic heterocycles. The van der Waals surface area contributed by atoms with E-state index in [0.29, 0.717) is 32.2 Å². The van der Waals surface area contributed by atoms with Crippen molar-refractivity contribution < 1.29 is 39.3 Å². The smallest absolute Gasteiger partial charge is 0.323 e. The largest absolute Gasteiger partial charge is 0.481 e. The Morgan fingerprint density at radius 1 is 0.571 bits per heavy atom. The van der Waals surface area contributed by atoms with Gasteiger partial charge in [-0.05, 0) is 25.7 Å². The van der Waals surface area contributed by atoms with Crippen molar-refractivity contribution >= 4 is 29.7 Å². The summed E-state index contributed by atoms with van der Waals surface area (Å²) < 4.78 is 0. The van der Waals surface area contributed by atoms with Crippen LogP contribution in [0.5, 0.6) is 0 Å². The van der Waals surface area contributed by atoms with Crippen LogP contribution in [0.15, 0.2) is 0 Å². The molecule has 0 aliphatic heterocycles. The summed E-state index contributed by atoms with van der Waals surface area (Å²) in [4.78, 5) is 58.4. The maximum Gasteiger partial charge on any atom is 0.323 e. The fourth-order valence-electron chi connectivity index (χ4n) is 4.89. The molecule has 1 atom stereocenters. The fourth-order valence-corrected chi connectivity index (χ4v) is 4.89. The summed E-state index contributed by atoms with van der Waals surface area (Å²) in [6.45, 7) is 1.74. The van der Waals surface area contributed by atoms with Crippen molar-refractivity contribution in [1.29, 1.82) is 0 Å². The van der Waals surface area contributed by atoms with Crippen molar-refractivity contribution in [1.82, 2.24) is 10.2 Å². The zero-order valence-corrected chi connectivity index (χ0v) is 26.1. The summed E-state index contributed by atoms with van der Waals surface area (Å²) in [6, 6.07) is 0. The van der Waals surface area contributed by atoms with Gasteiger partial charge in [-0.3, -0.25) is 24.0 Å². The summed E-state index contributed by atoms with van der Waals surface area (Å²) in [5.41, 5.74) is 0. The van der Waals surface area contributed by atoms with E-state index in [1.54, 1.807) is 6.92 Å². The normalized spacial score (nSPS) is 11.6. The van der Waals surface area contributed by atoms with Gasteiger partial charge in [0.1, 0.15) is 6.54 Å². The molecule has 0 aromatic rings. The van der Waals surface area contributed by atoms with E-state index in [0.717, 1.165) is 44.9 Å². The van der Waals surface area contributed by atoms with Crippen molar-refractivity contribution in [3.63, 3.8) is 0 Å². The van der Waals surface area contributed by atoms with Crippen molar-refractivity contribution in [2.45, 2.75) is 148 Å². The number of hydrogen-bond donors (Lipinski definition) is 4. The van der Waals surface area contributed by atoms with E-state index < -0.39 is 30.4 Å². The van der Waals surface area contributed by atoms with Crippen LogP contribution >= 0.6 is 0 Å². The van der Waals surface area contributed by atoms with Gasteiger partial charge in [-0.25, -0.2) is 0 Å². The Labute approximate surface area is 253 Å². The number of hydrogen-bond acceptors (Lipinski definition) is 5. The molecule has 0 bridgehead atoms. The summed E-state index contributed by atoms with van der Waals surface area (Å²) in [7, 11) is 0. The van der Waals surface area contributed by atoms with E-state index in [9.17, 15) is 24.0 Å². The quantitative estimate of drug-likeness (QED) is 0.0690. The highest BCUT2D eigenvalue weighted by molar-refractivity contribution is 5.82. The molecule has 0 unspecified atom stereocenters. The number of carboxylic acids is 3. The zero-order chi connectivity index (χ0) is 31.4. The van der Waals surface area contributed by atoms with E-state index in [4.69, 9.17) is 15.3 Å². The molecule has 0 saturated carbocycles. The molecule has 2 amide bonds. The predicted octanol–water partition coefficient (Wildman–Crippen LogP) is 6.40. The van der Waals surface area contributed by atoms with Gasteiger partial charge in [-0.15, -0.1) is 0 Å². The molecule has 0 spiro atoms. The molecule has 0 aliphatic carbocycles. The number of nitrogens with one attached hydrogen (secondary N) is 1. The average molecular weight is 599 g/mol. The Morgan fingerprint density at radius 3 is 1.45 bits per heavy atom. The first-order valence-electron chi connectivity index (χ1n) is 16.3. The van der Waals surface area contributed by atoms with Crippen molar-refractivity contribution in [3.8, 4) is 0 Å². The van der Waals surface area contributed by atoms with Gasteiger partial charge in [0.25, 0.3) is 0 Å². The minimum Gasteiger partial charge on any atom is -0.481 e. The van der Waals surface area contributed by atoms with Crippen LogP contribution in [0.1, 0.15) is 148 Å². The molecular formula is C32H58N2O8. The molecule has 0 heterocycles. The average Bonchev–Trinajstić information content (AvgIpc) is 2.93. The van der Waals surface area contributed by atoms with Crippen LogP contribution in [-0.4, -0.2) is 69.6 Å². The lowest BCUT2D eigenvalue weighted by molar-refractivity contribution is -0.145. The van der Waals surface area contributed by atoms with Gasteiger partial charge in [0, 0.05) is 32.4 Å². The van der Waals surface area contributed by atoms with Gasteiger partial charge in [0.05, 0.1) is 5.92 Å². The van der Waals surface area contributed by atoms with Crippen molar-refractivity contribution in [2.24, 2.45) is 5.92 Å².